The molecule has 0 saturated heterocycles. The van der Waals surface area contributed by atoms with E-state index in [4.69, 9.17) is 4.42 Å². The normalized spacial score (nSPS) is 10.2. The number of halogens is 1. The van der Waals surface area contributed by atoms with Crippen molar-refractivity contribution in [3.8, 4) is 0 Å². The number of likely N-dealkylation sites (N-methyl/N-ethyl adjacent to an activating group) is 2. The van der Waals surface area contributed by atoms with E-state index in [1.54, 1.807) is 18.2 Å². The van der Waals surface area contributed by atoms with Gasteiger partial charge in [-0.1, -0.05) is 0 Å². The molecule has 6 heteroatoms. The van der Waals surface area contributed by atoms with E-state index in [0.717, 1.165) is 12.3 Å². The molecule has 1 aromatic heterocycles. The van der Waals surface area contributed by atoms with E-state index >= 15 is 0 Å². The molecular formula is C12H22ClN3O2. The number of nitrogens with zero attached hydrogens (tertiary/aromatic N) is 2. The predicted molar refractivity (Wildman–Crippen MR) is 73.9 cm³/mol. The van der Waals surface area contributed by atoms with E-state index < -0.39 is 0 Å². The first-order chi connectivity index (χ1) is 8.13. The van der Waals surface area contributed by atoms with Crippen molar-refractivity contribution < 1.29 is 9.21 Å². The van der Waals surface area contributed by atoms with Gasteiger partial charge in [-0.25, -0.2) is 0 Å². The molecule has 0 aliphatic carbocycles. The fraction of sp³-hybridized carbons (Fsp3) is 0.583. The molecule has 0 fully saturated rings. The first kappa shape index (κ1) is 17.0. The summed E-state index contributed by atoms with van der Waals surface area (Å²) in [6, 6.07) is 3.72. The summed E-state index contributed by atoms with van der Waals surface area (Å²) in [5.74, 6) is 0.902. The molecule has 0 bridgehead atoms. The minimum absolute atomic E-state index is 0. The van der Waals surface area contributed by atoms with Gasteiger partial charge in [0.05, 0.1) is 19.4 Å². The molecule has 1 aromatic rings. The highest BCUT2D eigenvalue weighted by Crippen LogP contribution is 2.05. The maximum atomic E-state index is 11.9. The Kier molecular flexibility index (Phi) is 8.45. The van der Waals surface area contributed by atoms with Crippen LogP contribution in [0, 0.1) is 0 Å². The van der Waals surface area contributed by atoms with Crippen molar-refractivity contribution in [2.45, 2.75) is 6.54 Å². The number of furan rings is 1. The number of amides is 1. The summed E-state index contributed by atoms with van der Waals surface area (Å²) in [5, 5.41) is 2.88. The first-order valence-electron chi connectivity index (χ1n) is 5.73. The second-order valence-corrected chi connectivity index (χ2v) is 4.23. The summed E-state index contributed by atoms with van der Waals surface area (Å²) in [7, 11) is 5.76. The second kappa shape index (κ2) is 8.97. The molecule has 0 saturated carbocycles. The van der Waals surface area contributed by atoms with Gasteiger partial charge in [-0.05, 0) is 33.3 Å². The lowest BCUT2D eigenvalue weighted by Crippen LogP contribution is -2.40. The van der Waals surface area contributed by atoms with Crippen molar-refractivity contribution in [3.05, 3.63) is 24.2 Å². The van der Waals surface area contributed by atoms with Crippen molar-refractivity contribution >= 4 is 18.3 Å². The molecule has 0 aliphatic heterocycles. The Morgan fingerprint density at radius 1 is 1.39 bits per heavy atom. The Morgan fingerprint density at radius 3 is 2.61 bits per heavy atom. The van der Waals surface area contributed by atoms with Gasteiger partial charge in [0, 0.05) is 13.1 Å². The highest BCUT2D eigenvalue weighted by atomic mass is 35.5. The van der Waals surface area contributed by atoms with Gasteiger partial charge in [0.15, 0.2) is 0 Å². The quantitative estimate of drug-likeness (QED) is 0.800. The zero-order chi connectivity index (χ0) is 12.7. The summed E-state index contributed by atoms with van der Waals surface area (Å²) in [6.07, 6.45) is 1.63. The Bertz CT molecular complexity index is 328. The van der Waals surface area contributed by atoms with Crippen molar-refractivity contribution in [2.24, 2.45) is 0 Å². The monoisotopic (exact) mass is 275 g/mol. The van der Waals surface area contributed by atoms with E-state index in [1.165, 1.54) is 0 Å². The van der Waals surface area contributed by atoms with Crippen LogP contribution in [0.2, 0.25) is 0 Å². The van der Waals surface area contributed by atoms with Gasteiger partial charge in [-0.15, -0.1) is 12.4 Å². The SMILES string of the molecule is CNCC(=O)N(CCN(C)C)Cc1ccco1.Cl. The molecule has 1 rings (SSSR count). The summed E-state index contributed by atoms with van der Waals surface area (Å²) in [6.45, 7) is 2.43. The third kappa shape index (κ3) is 6.05. The van der Waals surface area contributed by atoms with E-state index in [9.17, 15) is 4.79 Å². The first-order valence-corrected chi connectivity index (χ1v) is 5.73. The molecular weight excluding hydrogens is 254 g/mol. The van der Waals surface area contributed by atoms with Gasteiger partial charge in [0.25, 0.3) is 0 Å². The Morgan fingerprint density at radius 2 is 2.11 bits per heavy atom. The average Bonchev–Trinajstić information content (AvgIpc) is 2.76. The smallest absolute Gasteiger partial charge is 0.236 e. The second-order valence-electron chi connectivity index (χ2n) is 4.23. The van der Waals surface area contributed by atoms with Crippen LogP contribution in [0.15, 0.2) is 22.8 Å². The maximum absolute atomic E-state index is 11.9. The third-order valence-corrected chi connectivity index (χ3v) is 2.42. The lowest BCUT2D eigenvalue weighted by Gasteiger charge is -2.23. The number of hydrogen-bond acceptors (Lipinski definition) is 4. The van der Waals surface area contributed by atoms with Crippen molar-refractivity contribution in [1.29, 1.82) is 0 Å². The molecule has 0 aromatic carbocycles. The molecule has 0 spiro atoms. The molecule has 18 heavy (non-hydrogen) atoms. The molecule has 0 atom stereocenters. The zero-order valence-corrected chi connectivity index (χ0v) is 12.0. The molecule has 5 nitrogen and oxygen atoms in total. The number of nitrogens with one attached hydrogen (secondary N) is 1. The van der Waals surface area contributed by atoms with Crippen LogP contribution >= 0.6 is 12.4 Å². The summed E-state index contributed by atoms with van der Waals surface area (Å²) < 4.78 is 5.27. The lowest BCUT2D eigenvalue weighted by atomic mass is 10.3. The van der Waals surface area contributed by atoms with Gasteiger partial charge in [-0.3, -0.25) is 4.79 Å². The van der Waals surface area contributed by atoms with Crippen LogP contribution in [-0.4, -0.2) is 56.5 Å². The molecule has 1 heterocycles. The van der Waals surface area contributed by atoms with Gasteiger partial charge in [-0.2, -0.15) is 0 Å². The largest absolute Gasteiger partial charge is 0.467 e. The van der Waals surface area contributed by atoms with Gasteiger partial charge < -0.3 is 19.5 Å². The minimum Gasteiger partial charge on any atom is -0.467 e. The maximum Gasteiger partial charge on any atom is 0.236 e. The van der Waals surface area contributed by atoms with E-state index in [1.807, 2.05) is 26.2 Å². The predicted octanol–water partition coefficient (Wildman–Crippen LogP) is 0.811. The zero-order valence-electron chi connectivity index (χ0n) is 11.2. The third-order valence-electron chi connectivity index (χ3n) is 2.42. The Hall–Kier alpha value is -1.04. The molecule has 1 N–H and O–H groups in total. The van der Waals surface area contributed by atoms with Crippen molar-refractivity contribution in [2.75, 3.05) is 40.8 Å². The van der Waals surface area contributed by atoms with Gasteiger partial charge in [0.1, 0.15) is 5.76 Å². The molecule has 0 radical (unpaired) electrons. The molecule has 104 valence electrons. The van der Waals surface area contributed by atoms with E-state index in [0.29, 0.717) is 19.6 Å². The van der Waals surface area contributed by atoms with Gasteiger partial charge in [0.2, 0.25) is 5.91 Å². The lowest BCUT2D eigenvalue weighted by molar-refractivity contribution is -0.131. The molecule has 1 amide bonds. The highest BCUT2D eigenvalue weighted by Gasteiger charge is 2.14. The average molecular weight is 276 g/mol. The van der Waals surface area contributed by atoms with Crippen LogP contribution in [0.3, 0.4) is 0 Å². The standard InChI is InChI=1S/C12H21N3O2.ClH/c1-13-9-12(16)15(7-6-14(2)3)10-11-5-4-8-17-11;/h4-5,8,13H,6-7,9-10H2,1-3H3;1H. The number of carbonyl (C=O) groups excluding carboxylic acids is 1. The summed E-state index contributed by atoms with van der Waals surface area (Å²) in [5.41, 5.74) is 0. The van der Waals surface area contributed by atoms with Crippen LogP contribution in [-0.2, 0) is 11.3 Å². The topological polar surface area (TPSA) is 48.7 Å². The number of rotatable bonds is 7. The van der Waals surface area contributed by atoms with E-state index in [2.05, 4.69) is 10.2 Å². The Labute approximate surface area is 115 Å². The molecule has 0 unspecified atom stereocenters. The van der Waals surface area contributed by atoms with E-state index in [-0.39, 0.29) is 18.3 Å². The summed E-state index contributed by atoms with van der Waals surface area (Å²) in [4.78, 5) is 15.7. The number of carbonyl (C=O) groups is 1. The van der Waals surface area contributed by atoms with Gasteiger partial charge >= 0.3 is 0 Å². The fourth-order valence-corrected chi connectivity index (χ4v) is 1.47. The van der Waals surface area contributed by atoms with Crippen LogP contribution in [0.4, 0.5) is 0 Å². The minimum atomic E-state index is 0. The van der Waals surface area contributed by atoms with Crippen molar-refractivity contribution in [3.63, 3.8) is 0 Å². The van der Waals surface area contributed by atoms with Crippen LogP contribution in [0.1, 0.15) is 5.76 Å². The summed E-state index contributed by atoms with van der Waals surface area (Å²) >= 11 is 0. The molecule has 0 aliphatic rings. The number of hydrogen-bond donors (Lipinski definition) is 1. The highest BCUT2D eigenvalue weighted by molar-refractivity contribution is 5.85. The van der Waals surface area contributed by atoms with Crippen molar-refractivity contribution in [1.82, 2.24) is 15.1 Å². The van der Waals surface area contributed by atoms with Crippen LogP contribution in [0.5, 0.6) is 0 Å². The Balaban J connectivity index is 0.00000289. The fourth-order valence-electron chi connectivity index (χ4n) is 1.47. The van der Waals surface area contributed by atoms with Crippen LogP contribution < -0.4 is 5.32 Å². The van der Waals surface area contributed by atoms with Crippen LogP contribution in [0.25, 0.3) is 0 Å².